The third kappa shape index (κ3) is 4.00. The third-order valence-electron chi connectivity index (χ3n) is 4.31. The number of carbonyl (C=O) groups excluding carboxylic acids is 1. The summed E-state index contributed by atoms with van der Waals surface area (Å²) >= 11 is 0. The number of hydrogen-bond donors (Lipinski definition) is 1. The maximum absolute atomic E-state index is 12.0. The Bertz CT molecular complexity index is 630. The van der Waals surface area contributed by atoms with E-state index in [0.717, 1.165) is 24.0 Å². The normalized spacial score (nSPS) is 16.2. The average Bonchev–Trinajstić information content (AvgIpc) is 2.81. The van der Waals surface area contributed by atoms with Crippen LogP contribution in [0.15, 0.2) is 42.5 Å². The lowest BCUT2D eigenvalue weighted by Crippen LogP contribution is -2.37. The summed E-state index contributed by atoms with van der Waals surface area (Å²) in [4.78, 5) is 12.0. The number of nitrogens with one attached hydrogen (secondary N) is 1. The molecule has 1 aliphatic rings. The van der Waals surface area contributed by atoms with Crippen LogP contribution >= 0.6 is 0 Å². The number of rotatable bonds is 4. The van der Waals surface area contributed by atoms with E-state index in [4.69, 9.17) is 4.74 Å². The molecule has 1 saturated carbocycles. The van der Waals surface area contributed by atoms with E-state index in [1.165, 1.54) is 31.1 Å². The molecule has 0 saturated heterocycles. The van der Waals surface area contributed by atoms with Crippen LogP contribution in [0.3, 0.4) is 0 Å². The van der Waals surface area contributed by atoms with Crippen molar-refractivity contribution in [2.45, 2.75) is 44.6 Å². The molecule has 0 unspecified atom stereocenters. The molecule has 3 heteroatoms. The lowest BCUT2D eigenvalue weighted by molar-refractivity contribution is -0.123. The van der Waals surface area contributed by atoms with Crippen molar-refractivity contribution in [3.8, 4) is 5.75 Å². The van der Waals surface area contributed by atoms with Crippen LogP contribution < -0.4 is 10.1 Å². The van der Waals surface area contributed by atoms with Crippen molar-refractivity contribution in [1.29, 1.82) is 0 Å². The summed E-state index contributed by atoms with van der Waals surface area (Å²) in [5, 5.41) is 5.41. The number of amides is 1. The summed E-state index contributed by atoms with van der Waals surface area (Å²) in [5.41, 5.74) is 0. The Morgan fingerprint density at radius 1 is 1.00 bits per heavy atom. The van der Waals surface area contributed by atoms with Gasteiger partial charge < -0.3 is 10.1 Å². The van der Waals surface area contributed by atoms with Gasteiger partial charge in [0, 0.05) is 6.04 Å². The van der Waals surface area contributed by atoms with Crippen LogP contribution in [-0.2, 0) is 4.79 Å². The van der Waals surface area contributed by atoms with Gasteiger partial charge in [0.2, 0.25) is 0 Å². The zero-order valence-corrected chi connectivity index (χ0v) is 12.9. The molecule has 0 heterocycles. The molecule has 1 fully saturated rings. The highest BCUT2D eigenvalue weighted by molar-refractivity contribution is 5.84. The number of benzene rings is 2. The molecule has 0 aromatic heterocycles. The third-order valence-corrected chi connectivity index (χ3v) is 4.31. The van der Waals surface area contributed by atoms with Gasteiger partial charge in [-0.05, 0) is 35.7 Å². The van der Waals surface area contributed by atoms with Gasteiger partial charge in [-0.3, -0.25) is 4.79 Å². The van der Waals surface area contributed by atoms with Gasteiger partial charge in [0.1, 0.15) is 5.75 Å². The molecule has 1 aliphatic carbocycles. The maximum atomic E-state index is 12.0. The number of fused-ring (bicyclic) bond motifs is 1. The number of hydrogen-bond acceptors (Lipinski definition) is 2. The van der Waals surface area contributed by atoms with E-state index in [0.29, 0.717) is 6.04 Å². The van der Waals surface area contributed by atoms with Crippen molar-refractivity contribution in [3.05, 3.63) is 42.5 Å². The van der Waals surface area contributed by atoms with Crippen LogP contribution in [0.4, 0.5) is 0 Å². The van der Waals surface area contributed by atoms with E-state index in [1.54, 1.807) is 0 Å². The number of ether oxygens (including phenoxy) is 1. The summed E-state index contributed by atoms with van der Waals surface area (Å²) in [6, 6.07) is 14.4. The molecule has 0 bridgehead atoms. The van der Waals surface area contributed by atoms with Crippen LogP contribution in [0.2, 0.25) is 0 Å². The molecule has 3 nitrogen and oxygen atoms in total. The molecule has 2 aromatic carbocycles. The second-order valence-corrected chi connectivity index (χ2v) is 6.05. The minimum absolute atomic E-state index is 0.0138. The van der Waals surface area contributed by atoms with Crippen LogP contribution in [0.5, 0.6) is 5.75 Å². The van der Waals surface area contributed by atoms with Gasteiger partial charge in [0.25, 0.3) is 5.91 Å². The highest BCUT2D eigenvalue weighted by Crippen LogP contribution is 2.20. The monoisotopic (exact) mass is 297 g/mol. The summed E-state index contributed by atoms with van der Waals surface area (Å²) in [6.07, 6.45) is 7.22. The van der Waals surface area contributed by atoms with Gasteiger partial charge in [-0.15, -0.1) is 0 Å². The molecule has 1 amide bonds. The SMILES string of the molecule is O=C(COc1ccc2ccccc2c1)NC1CCCCCC1. The van der Waals surface area contributed by atoms with Crippen molar-refractivity contribution in [2.75, 3.05) is 6.61 Å². The average molecular weight is 297 g/mol. The molecule has 22 heavy (non-hydrogen) atoms. The van der Waals surface area contributed by atoms with Crippen molar-refractivity contribution in [3.63, 3.8) is 0 Å². The van der Waals surface area contributed by atoms with Gasteiger partial charge in [0.05, 0.1) is 0 Å². The molecular weight excluding hydrogens is 274 g/mol. The van der Waals surface area contributed by atoms with Crippen molar-refractivity contribution in [1.82, 2.24) is 5.32 Å². The first kappa shape index (κ1) is 14.9. The van der Waals surface area contributed by atoms with Crippen LogP contribution in [0, 0.1) is 0 Å². The van der Waals surface area contributed by atoms with Crippen LogP contribution in [-0.4, -0.2) is 18.6 Å². The Hall–Kier alpha value is -2.03. The molecule has 0 atom stereocenters. The fourth-order valence-electron chi connectivity index (χ4n) is 3.10. The Kier molecular flexibility index (Phi) is 4.94. The van der Waals surface area contributed by atoms with Crippen molar-refractivity contribution < 1.29 is 9.53 Å². The lowest BCUT2D eigenvalue weighted by atomic mass is 10.1. The summed E-state index contributed by atoms with van der Waals surface area (Å²) < 4.78 is 5.64. The predicted molar refractivity (Wildman–Crippen MR) is 89.1 cm³/mol. The first-order chi connectivity index (χ1) is 10.8. The second kappa shape index (κ2) is 7.30. The zero-order valence-electron chi connectivity index (χ0n) is 12.9. The summed E-state index contributed by atoms with van der Waals surface area (Å²) in [5.74, 6) is 0.731. The van der Waals surface area contributed by atoms with Crippen LogP contribution in [0.1, 0.15) is 38.5 Å². The fraction of sp³-hybridized carbons (Fsp3) is 0.421. The highest BCUT2D eigenvalue weighted by Gasteiger charge is 2.14. The van der Waals surface area contributed by atoms with E-state index >= 15 is 0 Å². The van der Waals surface area contributed by atoms with Gasteiger partial charge in [-0.2, -0.15) is 0 Å². The smallest absolute Gasteiger partial charge is 0.258 e. The molecule has 0 aliphatic heterocycles. The molecule has 1 N–H and O–H groups in total. The molecule has 2 aromatic rings. The van der Waals surface area contributed by atoms with Gasteiger partial charge in [0.15, 0.2) is 6.61 Å². The van der Waals surface area contributed by atoms with E-state index in [2.05, 4.69) is 11.4 Å². The quantitative estimate of drug-likeness (QED) is 0.864. The van der Waals surface area contributed by atoms with Gasteiger partial charge in [-0.1, -0.05) is 56.0 Å². The van der Waals surface area contributed by atoms with Crippen LogP contribution in [0.25, 0.3) is 10.8 Å². The maximum Gasteiger partial charge on any atom is 0.258 e. The topological polar surface area (TPSA) is 38.3 Å². The lowest BCUT2D eigenvalue weighted by Gasteiger charge is -2.16. The van der Waals surface area contributed by atoms with E-state index in [1.807, 2.05) is 36.4 Å². The molecule has 0 radical (unpaired) electrons. The Morgan fingerprint density at radius 2 is 1.73 bits per heavy atom. The first-order valence-electron chi connectivity index (χ1n) is 8.22. The zero-order chi connectivity index (χ0) is 15.2. The fourth-order valence-corrected chi connectivity index (χ4v) is 3.10. The minimum atomic E-state index is -0.0138. The summed E-state index contributed by atoms with van der Waals surface area (Å²) in [6.45, 7) is 0.0921. The highest BCUT2D eigenvalue weighted by atomic mass is 16.5. The Morgan fingerprint density at radius 3 is 2.50 bits per heavy atom. The first-order valence-corrected chi connectivity index (χ1v) is 8.22. The van der Waals surface area contributed by atoms with Crippen molar-refractivity contribution >= 4 is 16.7 Å². The molecule has 0 spiro atoms. The Labute approximate surface area is 131 Å². The minimum Gasteiger partial charge on any atom is -0.484 e. The number of carbonyl (C=O) groups is 1. The summed E-state index contributed by atoms with van der Waals surface area (Å²) in [7, 11) is 0. The molecule has 3 rings (SSSR count). The van der Waals surface area contributed by atoms with Gasteiger partial charge in [-0.25, -0.2) is 0 Å². The van der Waals surface area contributed by atoms with E-state index in [9.17, 15) is 4.79 Å². The predicted octanol–water partition coefficient (Wildman–Crippen LogP) is 4.06. The standard InChI is InChI=1S/C19H23NO2/c21-19(20-17-9-3-1-2-4-10-17)14-22-18-12-11-15-7-5-6-8-16(15)13-18/h5-8,11-13,17H,1-4,9-10,14H2,(H,20,21). The molecule has 116 valence electrons. The second-order valence-electron chi connectivity index (χ2n) is 6.05. The van der Waals surface area contributed by atoms with E-state index in [-0.39, 0.29) is 12.5 Å². The van der Waals surface area contributed by atoms with Gasteiger partial charge >= 0.3 is 0 Å². The van der Waals surface area contributed by atoms with E-state index < -0.39 is 0 Å². The van der Waals surface area contributed by atoms with Crippen molar-refractivity contribution in [2.24, 2.45) is 0 Å². The molecular formula is C19H23NO2. The largest absolute Gasteiger partial charge is 0.484 e. The Balaban J connectivity index is 1.53.